The maximum absolute atomic E-state index is 13.2. The molecule has 184 valence electrons. The second-order valence-corrected chi connectivity index (χ2v) is 9.63. The zero-order valence-electron chi connectivity index (χ0n) is 19.2. The van der Waals surface area contributed by atoms with Gasteiger partial charge in [-0.1, -0.05) is 28.1 Å². The zero-order chi connectivity index (χ0) is 24.4. The van der Waals surface area contributed by atoms with Gasteiger partial charge in [0.1, 0.15) is 19.0 Å². The van der Waals surface area contributed by atoms with Gasteiger partial charge in [0.25, 0.3) is 11.7 Å². The van der Waals surface area contributed by atoms with Crippen molar-refractivity contribution in [3.05, 3.63) is 63.6 Å². The van der Waals surface area contributed by atoms with Gasteiger partial charge in [0.15, 0.2) is 11.5 Å². The van der Waals surface area contributed by atoms with Crippen LogP contribution < -0.4 is 9.47 Å². The van der Waals surface area contributed by atoms with Gasteiger partial charge in [0, 0.05) is 36.2 Å². The van der Waals surface area contributed by atoms with Crippen molar-refractivity contribution in [1.29, 1.82) is 0 Å². The summed E-state index contributed by atoms with van der Waals surface area (Å²) in [5.74, 6) is -0.416. The first-order chi connectivity index (χ1) is 17.0. The number of carbonyl (C=O) groups excluding carboxylic acids is 2. The summed E-state index contributed by atoms with van der Waals surface area (Å²) in [6.45, 7) is 5.21. The molecule has 3 aliphatic rings. The number of carbonyl (C=O) groups is 2. The lowest BCUT2D eigenvalue weighted by Gasteiger charge is -2.29. The lowest BCUT2D eigenvalue weighted by Crippen LogP contribution is -2.38. The molecule has 2 saturated heterocycles. The molecule has 0 bridgehead atoms. The van der Waals surface area contributed by atoms with E-state index in [1.165, 1.54) is 0 Å². The Morgan fingerprint density at radius 3 is 2.40 bits per heavy atom. The minimum absolute atomic E-state index is 0.0837. The highest BCUT2D eigenvalue weighted by molar-refractivity contribution is 9.10. The van der Waals surface area contributed by atoms with Crippen LogP contribution in [0, 0.1) is 0 Å². The summed E-state index contributed by atoms with van der Waals surface area (Å²) >= 11 is 3.44. The molecule has 0 unspecified atom stereocenters. The Hall–Kier alpha value is -2.88. The maximum Gasteiger partial charge on any atom is 0.295 e. The highest BCUT2D eigenvalue weighted by Crippen LogP contribution is 2.41. The van der Waals surface area contributed by atoms with E-state index < -0.39 is 17.7 Å². The third kappa shape index (κ3) is 4.94. The molecule has 5 rings (SSSR count). The van der Waals surface area contributed by atoms with E-state index in [0.717, 1.165) is 29.7 Å². The van der Waals surface area contributed by atoms with Gasteiger partial charge in [0.05, 0.1) is 24.8 Å². The smallest absolute Gasteiger partial charge is 0.295 e. The van der Waals surface area contributed by atoms with Crippen LogP contribution >= 0.6 is 15.9 Å². The van der Waals surface area contributed by atoms with Crippen LogP contribution in [0.1, 0.15) is 23.6 Å². The Kier molecular flexibility index (Phi) is 7.08. The molecule has 0 saturated carbocycles. The monoisotopic (exact) mass is 542 g/mol. The van der Waals surface area contributed by atoms with Crippen molar-refractivity contribution in [2.24, 2.45) is 0 Å². The molecular formula is C26H27BrN2O6. The third-order valence-corrected chi connectivity index (χ3v) is 7.05. The summed E-state index contributed by atoms with van der Waals surface area (Å²) in [7, 11) is 0. The van der Waals surface area contributed by atoms with Crippen LogP contribution in [-0.4, -0.2) is 79.2 Å². The number of halogens is 1. The normalized spacial score (nSPS) is 22.0. The van der Waals surface area contributed by atoms with Gasteiger partial charge in [0.2, 0.25) is 0 Å². The van der Waals surface area contributed by atoms with E-state index in [1.807, 2.05) is 24.3 Å². The van der Waals surface area contributed by atoms with Gasteiger partial charge < -0.3 is 24.2 Å². The molecule has 35 heavy (non-hydrogen) atoms. The fourth-order valence-corrected chi connectivity index (χ4v) is 5.00. The molecule has 0 spiro atoms. The van der Waals surface area contributed by atoms with Crippen molar-refractivity contribution in [1.82, 2.24) is 9.80 Å². The molecule has 0 aliphatic carbocycles. The van der Waals surface area contributed by atoms with E-state index in [9.17, 15) is 14.7 Å². The molecular weight excluding hydrogens is 516 g/mol. The Morgan fingerprint density at radius 2 is 1.66 bits per heavy atom. The summed E-state index contributed by atoms with van der Waals surface area (Å²) in [6.07, 6.45) is 0.712. The van der Waals surface area contributed by atoms with Gasteiger partial charge in [-0.25, -0.2) is 0 Å². The lowest BCUT2D eigenvalue weighted by molar-refractivity contribution is -0.140. The van der Waals surface area contributed by atoms with Crippen LogP contribution in [0.3, 0.4) is 0 Å². The lowest BCUT2D eigenvalue weighted by atomic mass is 9.95. The van der Waals surface area contributed by atoms with E-state index in [1.54, 1.807) is 23.1 Å². The highest BCUT2D eigenvalue weighted by atomic mass is 79.9. The largest absolute Gasteiger partial charge is 0.507 e. The summed E-state index contributed by atoms with van der Waals surface area (Å²) < 4.78 is 17.5. The van der Waals surface area contributed by atoms with Crippen LogP contribution in [0.2, 0.25) is 0 Å². The number of benzene rings is 2. The second-order valence-electron chi connectivity index (χ2n) is 8.71. The van der Waals surface area contributed by atoms with Crippen molar-refractivity contribution in [2.75, 3.05) is 52.6 Å². The first-order valence-corrected chi connectivity index (χ1v) is 12.6. The van der Waals surface area contributed by atoms with Crippen LogP contribution in [0.25, 0.3) is 5.76 Å². The molecule has 0 radical (unpaired) electrons. The minimum Gasteiger partial charge on any atom is -0.507 e. The number of fused-ring (bicyclic) bond motifs is 1. The molecule has 2 fully saturated rings. The molecule has 2 aromatic carbocycles. The van der Waals surface area contributed by atoms with Gasteiger partial charge >= 0.3 is 0 Å². The Morgan fingerprint density at radius 1 is 0.943 bits per heavy atom. The van der Waals surface area contributed by atoms with Gasteiger partial charge in [-0.15, -0.1) is 0 Å². The van der Waals surface area contributed by atoms with E-state index >= 15 is 0 Å². The maximum atomic E-state index is 13.2. The minimum atomic E-state index is -0.684. The summed E-state index contributed by atoms with van der Waals surface area (Å²) in [5.41, 5.74) is 1.25. The van der Waals surface area contributed by atoms with Crippen molar-refractivity contribution in [3.8, 4) is 11.5 Å². The predicted octanol–water partition coefficient (Wildman–Crippen LogP) is 3.36. The summed E-state index contributed by atoms with van der Waals surface area (Å²) in [4.78, 5) is 30.3. The van der Waals surface area contributed by atoms with E-state index in [4.69, 9.17) is 14.2 Å². The SMILES string of the molecule is O=C1C(=O)N(CCCN2CCOCC2)[C@@H](c2ccc(Br)cc2)C1=C(O)c1ccc2c(c1)OCCO2. The number of likely N-dealkylation sites (tertiary alicyclic amines) is 1. The Balaban J connectivity index is 1.48. The number of morpholine rings is 1. The fraction of sp³-hybridized carbons (Fsp3) is 0.385. The molecule has 2 aromatic rings. The third-order valence-electron chi connectivity index (χ3n) is 6.52. The summed E-state index contributed by atoms with van der Waals surface area (Å²) in [5, 5.41) is 11.3. The average molecular weight is 543 g/mol. The molecule has 8 nitrogen and oxygen atoms in total. The zero-order valence-corrected chi connectivity index (χ0v) is 20.8. The number of rotatable bonds is 6. The Bertz CT molecular complexity index is 1140. The molecule has 3 heterocycles. The first-order valence-electron chi connectivity index (χ1n) is 11.8. The number of aliphatic hydroxyl groups is 1. The van der Waals surface area contributed by atoms with Crippen LogP contribution in [0.15, 0.2) is 52.5 Å². The van der Waals surface area contributed by atoms with Crippen LogP contribution in [0.5, 0.6) is 11.5 Å². The van der Waals surface area contributed by atoms with Gasteiger partial charge in [-0.05, 0) is 42.3 Å². The molecule has 3 aliphatic heterocycles. The number of hydrogen-bond donors (Lipinski definition) is 1. The van der Waals surface area contributed by atoms with Gasteiger partial charge in [-0.3, -0.25) is 14.5 Å². The van der Waals surface area contributed by atoms with E-state index in [2.05, 4.69) is 20.8 Å². The number of amides is 1. The number of aliphatic hydroxyl groups excluding tert-OH is 1. The first kappa shape index (κ1) is 23.8. The number of nitrogens with zero attached hydrogens (tertiary/aromatic N) is 2. The van der Waals surface area contributed by atoms with Crippen molar-refractivity contribution in [3.63, 3.8) is 0 Å². The molecule has 0 aromatic heterocycles. The highest BCUT2D eigenvalue weighted by Gasteiger charge is 2.45. The molecule has 1 amide bonds. The average Bonchev–Trinajstić information content (AvgIpc) is 3.14. The quantitative estimate of drug-likeness (QED) is 0.340. The predicted molar refractivity (Wildman–Crippen MR) is 132 cm³/mol. The molecule has 1 N–H and O–H groups in total. The number of ether oxygens (including phenoxy) is 3. The van der Waals surface area contributed by atoms with Crippen molar-refractivity contribution >= 4 is 33.4 Å². The number of Topliss-reactive ketones (excluding diaryl/α,β-unsaturated/α-hetero) is 1. The van der Waals surface area contributed by atoms with Crippen molar-refractivity contribution in [2.45, 2.75) is 12.5 Å². The summed E-state index contributed by atoms with van der Waals surface area (Å²) in [6, 6.07) is 11.8. The van der Waals surface area contributed by atoms with E-state index in [-0.39, 0.29) is 11.3 Å². The van der Waals surface area contributed by atoms with E-state index in [0.29, 0.717) is 56.5 Å². The molecule has 9 heteroatoms. The number of ketones is 1. The van der Waals surface area contributed by atoms with Crippen molar-refractivity contribution < 1.29 is 28.9 Å². The van der Waals surface area contributed by atoms with Crippen LogP contribution in [-0.2, 0) is 14.3 Å². The number of hydrogen-bond acceptors (Lipinski definition) is 7. The van der Waals surface area contributed by atoms with Gasteiger partial charge in [-0.2, -0.15) is 0 Å². The standard InChI is InChI=1S/C26H27BrN2O6/c27-19-5-2-17(3-6-19)23-22(24(30)18-4-7-20-21(16-18)35-15-14-34-20)25(31)26(32)29(23)9-1-8-28-10-12-33-13-11-28/h2-7,16,23,30H,1,8-15H2/t23-/m0/s1. The Labute approximate surface area is 212 Å². The fourth-order valence-electron chi connectivity index (χ4n) is 4.74. The topological polar surface area (TPSA) is 88.5 Å². The van der Waals surface area contributed by atoms with Crippen LogP contribution in [0.4, 0.5) is 0 Å². The second kappa shape index (κ2) is 10.4. The molecule has 1 atom stereocenters.